The minimum Gasteiger partial charge on any atom is -0.497 e. The van der Waals surface area contributed by atoms with Gasteiger partial charge in [-0.1, -0.05) is 24.3 Å². The lowest BCUT2D eigenvalue weighted by molar-refractivity contribution is 0.0596. The number of nitrogens with one attached hydrogen (secondary N) is 1. The summed E-state index contributed by atoms with van der Waals surface area (Å²) in [6, 6.07) is 7.98. The fourth-order valence-corrected chi connectivity index (χ4v) is 1.64. The molecule has 0 spiro atoms. The van der Waals surface area contributed by atoms with Crippen molar-refractivity contribution in [2.45, 2.75) is 6.10 Å². The summed E-state index contributed by atoms with van der Waals surface area (Å²) in [7, 11) is 1.67. The van der Waals surface area contributed by atoms with E-state index in [1.165, 1.54) is 0 Å². The van der Waals surface area contributed by atoms with Crippen molar-refractivity contribution in [3.8, 4) is 5.75 Å². The van der Waals surface area contributed by atoms with Crippen molar-refractivity contribution >= 4 is 6.08 Å². The predicted molar refractivity (Wildman–Crippen MR) is 64.6 cm³/mol. The van der Waals surface area contributed by atoms with Gasteiger partial charge in [-0.3, -0.25) is 0 Å². The summed E-state index contributed by atoms with van der Waals surface area (Å²) in [4.78, 5) is 0. The van der Waals surface area contributed by atoms with Gasteiger partial charge in [0, 0.05) is 13.1 Å². The van der Waals surface area contributed by atoms with E-state index in [-0.39, 0.29) is 6.10 Å². The van der Waals surface area contributed by atoms with E-state index in [4.69, 9.17) is 9.47 Å². The van der Waals surface area contributed by atoms with Crippen molar-refractivity contribution in [1.29, 1.82) is 0 Å². The second-order valence-electron chi connectivity index (χ2n) is 3.75. The lowest BCUT2D eigenvalue weighted by Gasteiger charge is -2.20. The molecular formula is C13H17NO2. The van der Waals surface area contributed by atoms with Crippen LogP contribution in [-0.4, -0.2) is 32.9 Å². The summed E-state index contributed by atoms with van der Waals surface area (Å²) in [5.74, 6) is 0.882. The molecule has 1 N–H and O–H groups in total. The van der Waals surface area contributed by atoms with Gasteiger partial charge in [-0.2, -0.15) is 0 Å². The average Bonchev–Trinajstić information content (AvgIpc) is 2.38. The Labute approximate surface area is 96.1 Å². The van der Waals surface area contributed by atoms with Crippen LogP contribution in [0.5, 0.6) is 5.75 Å². The molecule has 1 aromatic rings. The van der Waals surface area contributed by atoms with Gasteiger partial charge >= 0.3 is 0 Å². The number of morpholine rings is 1. The molecule has 0 radical (unpaired) electrons. The topological polar surface area (TPSA) is 30.5 Å². The Morgan fingerprint density at radius 1 is 1.38 bits per heavy atom. The smallest absolute Gasteiger partial charge is 0.118 e. The maximum absolute atomic E-state index is 5.57. The van der Waals surface area contributed by atoms with Gasteiger partial charge in [0.2, 0.25) is 0 Å². The fraction of sp³-hybridized carbons (Fsp3) is 0.385. The molecule has 16 heavy (non-hydrogen) atoms. The summed E-state index contributed by atoms with van der Waals surface area (Å²) in [5, 5.41) is 3.29. The highest BCUT2D eigenvalue weighted by Crippen LogP contribution is 2.13. The summed E-state index contributed by atoms with van der Waals surface area (Å²) in [5.41, 5.74) is 1.16. The molecule has 0 amide bonds. The average molecular weight is 219 g/mol. The van der Waals surface area contributed by atoms with Crippen LogP contribution in [0.2, 0.25) is 0 Å². The molecule has 0 aliphatic carbocycles. The zero-order valence-corrected chi connectivity index (χ0v) is 9.48. The monoisotopic (exact) mass is 219 g/mol. The van der Waals surface area contributed by atoms with Gasteiger partial charge in [0.05, 0.1) is 19.8 Å². The van der Waals surface area contributed by atoms with E-state index in [1.54, 1.807) is 7.11 Å². The molecule has 1 atom stereocenters. The van der Waals surface area contributed by atoms with Crippen LogP contribution in [0.4, 0.5) is 0 Å². The molecule has 1 aliphatic rings. The summed E-state index contributed by atoms with van der Waals surface area (Å²) in [6.45, 7) is 2.64. The van der Waals surface area contributed by atoms with Crippen molar-refractivity contribution in [2.24, 2.45) is 0 Å². The molecule has 1 aliphatic heterocycles. The largest absolute Gasteiger partial charge is 0.497 e. The van der Waals surface area contributed by atoms with Crippen molar-refractivity contribution in [2.75, 3.05) is 26.8 Å². The fourth-order valence-electron chi connectivity index (χ4n) is 1.64. The Hall–Kier alpha value is -1.32. The Kier molecular flexibility index (Phi) is 3.97. The second kappa shape index (κ2) is 5.68. The first-order chi connectivity index (χ1) is 7.88. The molecule has 1 heterocycles. The van der Waals surface area contributed by atoms with Gasteiger partial charge in [-0.15, -0.1) is 0 Å². The first kappa shape index (κ1) is 11.2. The first-order valence-electron chi connectivity index (χ1n) is 5.53. The van der Waals surface area contributed by atoms with Crippen LogP contribution in [0.15, 0.2) is 30.3 Å². The molecule has 0 bridgehead atoms. The number of hydrogen-bond acceptors (Lipinski definition) is 3. The highest BCUT2D eigenvalue weighted by molar-refractivity contribution is 5.51. The molecule has 1 aromatic carbocycles. The maximum atomic E-state index is 5.57. The van der Waals surface area contributed by atoms with Crippen LogP contribution < -0.4 is 10.1 Å². The normalized spacial score (nSPS) is 21.2. The molecule has 1 fully saturated rings. The van der Waals surface area contributed by atoms with Crippen LogP contribution in [-0.2, 0) is 4.74 Å². The number of rotatable bonds is 3. The van der Waals surface area contributed by atoms with Crippen LogP contribution in [0.25, 0.3) is 6.08 Å². The Balaban J connectivity index is 1.94. The Bertz CT molecular complexity index is 339. The zero-order valence-electron chi connectivity index (χ0n) is 9.48. The van der Waals surface area contributed by atoms with Gasteiger partial charge in [-0.25, -0.2) is 0 Å². The third kappa shape index (κ3) is 3.08. The van der Waals surface area contributed by atoms with Crippen molar-refractivity contribution < 1.29 is 9.47 Å². The maximum Gasteiger partial charge on any atom is 0.118 e. The van der Waals surface area contributed by atoms with Crippen LogP contribution >= 0.6 is 0 Å². The molecule has 2 rings (SSSR count). The predicted octanol–water partition coefficient (Wildman–Crippen LogP) is 1.70. The lowest BCUT2D eigenvalue weighted by atomic mass is 10.1. The molecule has 1 saturated heterocycles. The zero-order chi connectivity index (χ0) is 11.2. The standard InChI is InChI=1S/C13H17NO2/c1-15-12-5-2-11(3-6-12)4-7-13-10-14-8-9-16-13/h2-7,13-14H,8-10H2,1H3/b7-4+. The van der Waals surface area contributed by atoms with E-state index >= 15 is 0 Å². The van der Waals surface area contributed by atoms with Crippen molar-refractivity contribution in [1.82, 2.24) is 5.32 Å². The van der Waals surface area contributed by atoms with Crippen LogP contribution in [0.1, 0.15) is 5.56 Å². The molecular weight excluding hydrogens is 202 g/mol. The van der Waals surface area contributed by atoms with E-state index < -0.39 is 0 Å². The van der Waals surface area contributed by atoms with Gasteiger partial charge in [0.1, 0.15) is 5.75 Å². The SMILES string of the molecule is COc1ccc(/C=C/C2CNCCO2)cc1. The molecule has 86 valence electrons. The molecule has 3 heteroatoms. The number of ether oxygens (including phenoxy) is 2. The highest BCUT2D eigenvalue weighted by Gasteiger charge is 2.08. The van der Waals surface area contributed by atoms with E-state index in [0.717, 1.165) is 31.0 Å². The molecule has 3 nitrogen and oxygen atoms in total. The Morgan fingerprint density at radius 2 is 2.19 bits per heavy atom. The molecule has 1 unspecified atom stereocenters. The van der Waals surface area contributed by atoms with Crippen LogP contribution in [0, 0.1) is 0 Å². The second-order valence-corrected chi connectivity index (χ2v) is 3.75. The summed E-state index contributed by atoms with van der Waals surface area (Å²) in [6.07, 6.45) is 4.36. The van der Waals surface area contributed by atoms with Gasteiger partial charge < -0.3 is 14.8 Å². The van der Waals surface area contributed by atoms with Crippen molar-refractivity contribution in [3.05, 3.63) is 35.9 Å². The minimum absolute atomic E-state index is 0.191. The number of hydrogen-bond donors (Lipinski definition) is 1. The quantitative estimate of drug-likeness (QED) is 0.839. The number of benzene rings is 1. The Morgan fingerprint density at radius 3 is 2.81 bits per heavy atom. The first-order valence-corrected chi connectivity index (χ1v) is 5.53. The summed E-state index contributed by atoms with van der Waals surface area (Å²) >= 11 is 0. The van der Waals surface area contributed by atoms with Gasteiger partial charge in [0.25, 0.3) is 0 Å². The minimum atomic E-state index is 0.191. The van der Waals surface area contributed by atoms with Gasteiger partial charge in [-0.05, 0) is 17.7 Å². The van der Waals surface area contributed by atoms with E-state index in [0.29, 0.717) is 0 Å². The van der Waals surface area contributed by atoms with E-state index in [1.807, 2.05) is 24.3 Å². The molecule has 0 aromatic heterocycles. The van der Waals surface area contributed by atoms with Crippen molar-refractivity contribution in [3.63, 3.8) is 0 Å². The third-order valence-electron chi connectivity index (χ3n) is 2.58. The van der Waals surface area contributed by atoms with E-state index in [2.05, 4.69) is 17.5 Å². The third-order valence-corrected chi connectivity index (χ3v) is 2.58. The lowest BCUT2D eigenvalue weighted by Crippen LogP contribution is -2.37. The van der Waals surface area contributed by atoms with Gasteiger partial charge in [0.15, 0.2) is 0 Å². The molecule has 0 saturated carbocycles. The number of methoxy groups -OCH3 is 1. The van der Waals surface area contributed by atoms with E-state index in [9.17, 15) is 0 Å². The highest BCUT2D eigenvalue weighted by atomic mass is 16.5. The van der Waals surface area contributed by atoms with Crippen LogP contribution in [0.3, 0.4) is 0 Å². The summed E-state index contributed by atoms with van der Waals surface area (Å²) < 4.78 is 10.7.